The van der Waals surface area contributed by atoms with Gasteiger partial charge in [-0.3, -0.25) is 4.99 Å². The zero-order valence-electron chi connectivity index (χ0n) is 14.8. The molecule has 1 aromatic heterocycles. The van der Waals surface area contributed by atoms with Crippen molar-refractivity contribution in [3.05, 3.63) is 11.7 Å². The number of hydrogen-bond donors (Lipinski definition) is 1. The van der Waals surface area contributed by atoms with E-state index in [9.17, 15) is 0 Å². The van der Waals surface area contributed by atoms with Crippen molar-refractivity contribution in [2.75, 3.05) is 19.6 Å². The van der Waals surface area contributed by atoms with Gasteiger partial charge in [-0.15, -0.1) is 24.0 Å². The van der Waals surface area contributed by atoms with E-state index in [-0.39, 0.29) is 36.2 Å². The average molecular weight is 461 g/mol. The fourth-order valence-corrected chi connectivity index (χ4v) is 3.60. The summed E-state index contributed by atoms with van der Waals surface area (Å²) in [6.07, 6.45) is 6.70. The lowest BCUT2D eigenvalue weighted by atomic mass is 10.0. The first-order valence-electron chi connectivity index (χ1n) is 9.23. The number of rotatable bonds is 4. The molecule has 3 fully saturated rings. The Hall–Kier alpha value is -0.900. The van der Waals surface area contributed by atoms with Gasteiger partial charge in [-0.1, -0.05) is 12.1 Å². The molecule has 8 heteroatoms. The molecular weight excluding hydrogens is 433 g/mol. The maximum atomic E-state index is 6.16. The molecule has 2 aliphatic heterocycles. The summed E-state index contributed by atoms with van der Waals surface area (Å²) in [4.78, 5) is 11.3. The lowest BCUT2D eigenvalue weighted by Gasteiger charge is -2.31. The minimum Gasteiger partial charge on any atom is -0.370 e. The second-order valence-corrected chi connectivity index (χ2v) is 7.48. The Morgan fingerprint density at radius 3 is 2.88 bits per heavy atom. The molecule has 1 unspecified atom stereocenters. The van der Waals surface area contributed by atoms with Gasteiger partial charge in [-0.25, -0.2) is 0 Å². The highest BCUT2D eigenvalue weighted by Crippen LogP contribution is 2.39. The van der Waals surface area contributed by atoms with Crippen molar-refractivity contribution in [1.29, 1.82) is 0 Å². The minimum absolute atomic E-state index is 0. The highest BCUT2D eigenvalue weighted by atomic mass is 127. The summed E-state index contributed by atoms with van der Waals surface area (Å²) in [7, 11) is 0. The molecule has 3 atom stereocenters. The van der Waals surface area contributed by atoms with Gasteiger partial charge in [0.1, 0.15) is 6.10 Å². The molecule has 0 radical (unpaired) electrons. The van der Waals surface area contributed by atoms with Crippen LogP contribution in [0.5, 0.6) is 0 Å². The number of guanidine groups is 1. The van der Waals surface area contributed by atoms with Gasteiger partial charge in [0.05, 0.1) is 12.6 Å². The number of aromatic nitrogens is 2. The fourth-order valence-electron chi connectivity index (χ4n) is 3.60. The van der Waals surface area contributed by atoms with Crippen molar-refractivity contribution >= 4 is 29.9 Å². The molecule has 7 nitrogen and oxygen atoms in total. The number of likely N-dealkylation sites (tertiary alicyclic amines) is 1. The molecule has 3 aliphatic rings. The third kappa shape index (κ3) is 4.64. The molecule has 2 saturated heterocycles. The van der Waals surface area contributed by atoms with Crippen LogP contribution >= 0.6 is 24.0 Å². The number of nitrogens with zero attached hydrogens (tertiary/aromatic N) is 4. The van der Waals surface area contributed by atoms with E-state index in [1.54, 1.807) is 0 Å². The van der Waals surface area contributed by atoms with Gasteiger partial charge in [-0.2, -0.15) is 4.98 Å². The number of aliphatic imine (C=N–C) groups is 1. The second kappa shape index (κ2) is 8.20. The van der Waals surface area contributed by atoms with Crippen molar-refractivity contribution in [3.8, 4) is 0 Å². The van der Waals surface area contributed by atoms with E-state index in [1.807, 2.05) is 0 Å². The van der Waals surface area contributed by atoms with Gasteiger partial charge in [0.25, 0.3) is 5.89 Å². The van der Waals surface area contributed by atoms with Gasteiger partial charge < -0.3 is 19.9 Å². The molecule has 0 amide bonds. The van der Waals surface area contributed by atoms with Crippen molar-refractivity contribution < 1.29 is 9.26 Å². The standard InChI is InChI=1S/C17H27N5O2.HI/c1-11-3-2-8-22(10-11)17(18)19-9-13-6-7-14(23-13)16-20-15(21-24-16)12-4-5-12;/h11-14H,2-10H2,1H3,(H2,18,19);1H/t11?,13-,14+;/m1./s1. The Morgan fingerprint density at radius 2 is 2.12 bits per heavy atom. The predicted molar refractivity (Wildman–Crippen MR) is 105 cm³/mol. The fraction of sp³-hybridized carbons (Fsp3) is 0.824. The van der Waals surface area contributed by atoms with Crippen LogP contribution in [0.4, 0.5) is 0 Å². The molecule has 4 rings (SSSR count). The average Bonchev–Trinajstić information content (AvgIpc) is 3.13. The van der Waals surface area contributed by atoms with Crippen LogP contribution in [0, 0.1) is 5.92 Å². The summed E-state index contributed by atoms with van der Waals surface area (Å²) in [6, 6.07) is 0. The predicted octanol–water partition coefficient (Wildman–Crippen LogP) is 2.83. The summed E-state index contributed by atoms with van der Waals surface area (Å²) >= 11 is 0. The van der Waals surface area contributed by atoms with Gasteiger partial charge in [0, 0.05) is 19.0 Å². The van der Waals surface area contributed by atoms with Gasteiger partial charge in [-0.05, 0) is 44.4 Å². The van der Waals surface area contributed by atoms with Crippen LogP contribution in [0.1, 0.15) is 69.2 Å². The first kappa shape index (κ1) is 18.9. The lowest BCUT2D eigenvalue weighted by Crippen LogP contribution is -2.43. The van der Waals surface area contributed by atoms with Crippen LogP contribution < -0.4 is 5.73 Å². The minimum atomic E-state index is -0.0820. The molecule has 1 aliphatic carbocycles. The van der Waals surface area contributed by atoms with E-state index in [4.69, 9.17) is 15.0 Å². The lowest BCUT2D eigenvalue weighted by molar-refractivity contribution is 0.0307. The Labute approximate surface area is 165 Å². The summed E-state index contributed by atoms with van der Waals surface area (Å²) in [5.41, 5.74) is 6.16. The molecule has 1 saturated carbocycles. The Bertz CT molecular complexity index is 604. The molecule has 1 aromatic rings. The highest BCUT2D eigenvalue weighted by Gasteiger charge is 2.34. The maximum Gasteiger partial charge on any atom is 0.255 e. The van der Waals surface area contributed by atoms with Crippen molar-refractivity contribution in [2.24, 2.45) is 16.6 Å². The zero-order valence-corrected chi connectivity index (χ0v) is 17.1. The van der Waals surface area contributed by atoms with Crippen LogP contribution in [0.25, 0.3) is 0 Å². The molecule has 0 bridgehead atoms. The molecule has 3 heterocycles. The smallest absolute Gasteiger partial charge is 0.255 e. The summed E-state index contributed by atoms with van der Waals surface area (Å²) < 4.78 is 11.4. The van der Waals surface area contributed by atoms with Crippen LogP contribution in [-0.4, -0.2) is 46.7 Å². The molecule has 140 valence electrons. The largest absolute Gasteiger partial charge is 0.370 e. The van der Waals surface area contributed by atoms with E-state index in [1.165, 1.54) is 25.7 Å². The Kier molecular flexibility index (Phi) is 6.19. The Balaban J connectivity index is 0.00000182. The Morgan fingerprint density at radius 1 is 1.28 bits per heavy atom. The normalized spacial score (nSPS) is 30.4. The number of nitrogens with two attached hydrogens (primary N) is 1. The van der Waals surface area contributed by atoms with Gasteiger partial charge >= 0.3 is 0 Å². The first-order chi connectivity index (χ1) is 11.7. The molecule has 25 heavy (non-hydrogen) atoms. The van der Waals surface area contributed by atoms with E-state index >= 15 is 0 Å². The summed E-state index contributed by atoms with van der Waals surface area (Å²) in [5, 5.41) is 4.07. The second-order valence-electron chi connectivity index (χ2n) is 7.48. The van der Waals surface area contributed by atoms with E-state index in [0.29, 0.717) is 30.2 Å². The van der Waals surface area contributed by atoms with Crippen LogP contribution in [0.3, 0.4) is 0 Å². The molecule has 0 aromatic carbocycles. The number of piperidine rings is 1. The third-order valence-corrected chi connectivity index (χ3v) is 5.22. The molecular formula is C17H28IN5O2. The first-order valence-corrected chi connectivity index (χ1v) is 9.23. The quantitative estimate of drug-likeness (QED) is 0.422. The topological polar surface area (TPSA) is 89.8 Å². The number of hydrogen-bond acceptors (Lipinski definition) is 5. The highest BCUT2D eigenvalue weighted by molar-refractivity contribution is 14.0. The van der Waals surface area contributed by atoms with Crippen molar-refractivity contribution in [1.82, 2.24) is 15.0 Å². The van der Waals surface area contributed by atoms with Gasteiger partial charge in [0.15, 0.2) is 11.8 Å². The molecule has 2 N–H and O–H groups in total. The van der Waals surface area contributed by atoms with Crippen molar-refractivity contribution in [2.45, 2.75) is 63.6 Å². The molecule has 0 spiro atoms. The summed E-state index contributed by atoms with van der Waals surface area (Å²) in [6.45, 7) is 4.90. The third-order valence-electron chi connectivity index (χ3n) is 5.22. The monoisotopic (exact) mass is 461 g/mol. The van der Waals surface area contributed by atoms with E-state index in [2.05, 4.69) is 27.0 Å². The number of halogens is 1. The van der Waals surface area contributed by atoms with E-state index in [0.717, 1.165) is 31.8 Å². The summed E-state index contributed by atoms with van der Waals surface area (Å²) in [5.74, 6) is 3.33. The van der Waals surface area contributed by atoms with Crippen LogP contribution in [0.2, 0.25) is 0 Å². The zero-order chi connectivity index (χ0) is 16.5. The maximum absolute atomic E-state index is 6.16. The SMILES string of the molecule is CC1CCCN(C(N)=NC[C@H]2CC[C@@H](c3nc(C4CC4)no3)O2)C1.I. The number of ether oxygens (including phenoxy) is 1. The van der Waals surface area contributed by atoms with Crippen LogP contribution in [0.15, 0.2) is 9.52 Å². The van der Waals surface area contributed by atoms with E-state index < -0.39 is 0 Å². The van der Waals surface area contributed by atoms with Crippen molar-refractivity contribution in [3.63, 3.8) is 0 Å². The van der Waals surface area contributed by atoms with Crippen LogP contribution in [-0.2, 0) is 4.74 Å². The van der Waals surface area contributed by atoms with Gasteiger partial charge in [0.2, 0.25) is 0 Å².